The van der Waals surface area contributed by atoms with Crippen LogP contribution in [0.3, 0.4) is 0 Å². The van der Waals surface area contributed by atoms with Gasteiger partial charge < -0.3 is 14.4 Å². The molecule has 0 saturated heterocycles. The van der Waals surface area contributed by atoms with Crippen molar-refractivity contribution in [2.45, 2.75) is 59.2 Å². The van der Waals surface area contributed by atoms with Gasteiger partial charge in [0.2, 0.25) is 0 Å². The Morgan fingerprint density at radius 3 is 1.59 bits per heavy atom. The van der Waals surface area contributed by atoms with Gasteiger partial charge in [0.15, 0.2) is 0 Å². The first kappa shape index (κ1) is 32.0. The summed E-state index contributed by atoms with van der Waals surface area (Å²) in [6, 6.07) is 31.8. The number of anilines is 3. The monoisotopic (exact) mass is 587 g/mol. The highest BCUT2D eigenvalue weighted by molar-refractivity contribution is 5.82. The minimum atomic E-state index is -0.575. The van der Waals surface area contributed by atoms with E-state index in [0.717, 1.165) is 46.8 Å². The molecule has 0 aromatic heterocycles. The van der Waals surface area contributed by atoms with E-state index in [1.807, 2.05) is 24.3 Å². The van der Waals surface area contributed by atoms with Crippen LogP contribution in [0.5, 0.6) is 0 Å². The Bertz CT molecular complexity index is 1580. The van der Waals surface area contributed by atoms with Gasteiger partial charge in [-0.3, -0.25) is 0 Å². The van der Waals surface area contributed by atoms with Crippen LogP contribution in [0.2, 0.25) is 0 Å². The Hall–Kier alpha value is -4.90. The minimum Gasteiger partial charge on any atom is -0.459 e. The highest BCUT2D eigenvalue weighted by Crippen LogP contribution is 2.38. The summed E-state index contributed by atoms with van der Waals surface area (Å²) in [5, 5.41) is 0. The molecule has 0 saturated carbocycles. The Morgan fingerprint density at radius 1 is 0.682 bits per heavy atom. The van der Waals surface area contributed by atoms with Crippen molar-refractivity contribution in [2.24, 2.45) is 0 Å². The number of esters is 2. The van der Waals surface area contributed by atoms with Crippen LogP contribution in [-0.2, 0) is 25.5 Å². The normalized spacial score (nSPS) is 12.8. The molecular formula is C39H41NO4. The topological polar surface area (TPSA) is 55.8 Å². The molecule has 0 spiro atoms. The number of nitrogens with zero attached hydrogens (tertiary/aromatic N) is 1. The lowest BCUT2D eigenvalue weighted by atomic mass is 9.89. The number of hydrogen-bond donors (Lipinski definition) is 0. The summed E-state index contributed by atoms with van der Waals surface area (Å²) in [6.45, 7) is 17.0. The molecule has 0 aliphatic carbocycles. The summed E-state index contributed by atoms with van der Waals surface area (Å²) in [4.78, 5) is 26.3. The van der Waals surface area contributed by atoms with Crippen molar-refractivity contribution in [3.05, 3.63) is 139 Å². The van der Waals surface area contributed by atoms with Gasteiger partial charge >= 0.3 is 11.9 Å². The number of ether oxygens (including phenoxy) is 2. The fourth-order valence-corrected chi connectivity index (χ4v) is 5.43. The number of carbonyl (C=O) groups is 2. The number of carbonyl (C=O) groups excluding carboxylic acids is 2. The number of benzene rings is 4. The summed E-state index contributed by atoms with van der Waals surface area (Å²) in [5.41, 5.74) is 9.97. The van der Waals surface area contributed by atoms with Crippen LogP contribution in [0.25, 0.3) is 11.1 Å². The molecule has 4 aromatic carbocycles. The SMILES string of the molecule is C=CC(=O)OC(C)C(c1ccc(N(c2ccc(-c3ccc(CC)cc3)cc2)c2ccc(C)c(C)c2)cc1)C(C)OC(=O)C=C. The molecule has 4 aromatic rings. The Balaban J connectivity index is 1.73. The summed E-state index contributed by atoms with van der Waals surface area (Å²) in [6.07, 6.45) is 2.12. The van der Waals surface area contributed by atoms with E-state index in [1.54, 1.807) is 13.8 Å². The summed E-state index contributed by atoms with van der Waals surface area (Å²) in [7, 11) is 0. The van der Waals surface area contributed by atoms with Crippen molar-refractivity contribution in [2.75, 3.05) is 4.90 Å². The van der Waals surface area contributed by atoms with Gasteiger partial charge in [0.05, 0.1) is 5.92 Å². The van der Waals surface area contributed by atoms with E-state index in [1.165, 1.54) is 22.3 Å². The molecule has 0 aliphatic heterocycles. The first-order valence-electron chi connectivity index (χ1n) is 15.0. The van der Waals surface area contributed by atoms with E-state index < -0.39 is 30.1 Å². The van der Waals surface area contributed by atoms with Crippen molar-refractivity contribution in [1.29, 1.82) is 0 Å². The lowest BCUT2D eigenvalue weighted by Crippen LogP contribution is -2.32. The molecule has 44 heavy (non-hydrogen) atoms. The van der Waals surface area contributed by atoms with Crippen LogP contribution >= 0.6 is 0 Å². The van der Waals surface area contributed by atoms with E-state index >= 15 is 0 Å². The van der Waals surface area contributed by atoms with Crippen LogP contribution in [0.1, 0.15) is 48.9 Å². The second-order valence-electron chi connectivity index (χ2n) is 11.0. The molecule has 0 amide bonds. The minimum absolute atomic E-state index is 0.412. The molecule has 5 heteroatoms. The Kier molecular flexibility index (Phi) is 10.6. The quantitative estimate of drug-likeness (QED) is 0.122. The van der Waals surface area contributed by atoms with Gasteiger partial charge in [-0.25, -0.2) is 9.59 Å². The molecule has 0 bridgehead atoms. The van der Waals surface area contributed by atoms with Crippen LogP contribution in [0.4, 0.5) is 17.1 Å². The van der Waals surface area contributed by atoms with Gasteiger partial charge in [0, 0.05) is 29.2 Å². The molecule has 2 unspecified atom stereocenters. The molecule has 0 aliphatic rings. The average molecular weight is 588 g/mol. The highest BCUT2D eigenvalue weighted by Gasteiger charge is 2.30. The third-order valence-electron chi connectivity index (χ3n) is 8.05. The second kappa shape index (κ2) is 14.5. The maximum atomic E-state index is 12.0. The molecule has 4 rings (SSSR count). The number of rotatable bonds is 12. The Labute approximate surface area is 261 Å². The van der Waals surface area contributed by atoms with Gasteiger partial charge in [-0.05, 0) is 104 Å². The van der Waals surface area contributed by atoms with Crippen molar-refractivity contribution in [1.82, 2.24) is 0 Å². The molecular weight excluding hydrogens is 546 g/mol. The maximum Gasteiger partial charge on any atom is 0.330 e. The summed E-state index contributed by atoms with van der Waals surface area (Å²) >= 11 is 0. The standard InChI is InChI=1S/C39H41NO4/c1-8-30-12-14-31(15-13-30)32-16-21-34(22-17-32)40(36-20-11-26(4)27(5)25-36)35-23-18-33(19-24-35)39(28(6)43-37(41)9-2)29(7)44-38(42)10-3/h9-25,28-29,39H,2-3,8H2,1,4-7H3. The molecule has 0 radical (unpaired) electrons. The predicted molar refractivity (Wildman–Crippen MR) is 180 cm³/mol. The maximum absolute atomic E-state index is 12.0. The molecule has 226 valence electrons. The number of aryl methyl sites for hydroxylation is 3. The van der Waals surface area contributed by atoms with E-state index in [0.29, 0.717) is 0 Å². The Morgan fingerprint density at radius 2 is 1.14 bits per heavy atom. The van der Waals surface area contributed by atoms with Gasteiger partial charge in [0.25, 0.3) is 0 Å². The van der Waals surface area contributed by atoms with Crippen LogP contribution in [-0.4, -0.2) is 24.1 Å². The van der Waals surface area contributed by atoms with Crippen LogP contribution < -0.4 is 4.90 Å². The van der Waals surface area contributed by atoms with Crippen molar-refractivity contribution >= 4 is 29.0 Å². The van der Waals surface area contributed by atoms with Crippen LogP contribution in [0, 0.1) is 13.8 Å². The van der Waals surface area contributed by atoms with E-state index in [-0.39, 0.29) is 0 Å². The van der Waals surface area contributed by atoms with E-state index in [4.69, 9.17) is 9.47 Å². The van der Waals surface area contributed by atoms with Gasteiger partial charge in [-0.1, -0.05) is 74.7 Å². The third-order valence-corrected chi connectivity index (χ3v) is 8.05. The van der Waals surface area contributed by atoms with Crippen molar-refractivity contribution in [3.8, 4) is 11.1 Å². The van der Waals surface area contributed by atoms with Crippen molar-refractivity contribution < 1.29 is 19.1 Å². The second-order valence-corrected chi connectivity index (χ2v) is 11.0. The van der Waals surface area contributed by atoms with Gasteiger partial charge in [-0.2, -0.15) is 0 Å². The molecule has 5 nitrogen and oxygen atoms in total. The fraction of sp³-hybridized carbons (Fsp3) is 0.231. The molecule has 0 heterocycles. The lowest BCUT2D eigenvalue weighted by Gasteiger charge is -2.30. The first-order chi connectivity index (χ1) is 21.1. The fourth-order valence-electron chi connectivity index (χ4n) is 5.43. The van der Waals surface area contributed by atoms with E-state index in [9.17, 15) is 9.59 Å². The average Bonchev–Trinajstić information content (AvgIpc) is 3.04. The van der Waals surface area contributed by atoms with Gasteiger partial charge in [0.1, 0.15) is 12.2 Å². The molecule has 0 fully saturated rings. The van der Waals surface area contributed by atoms with Gasteiger partial charge in [-0.15, -0.1) is 0 Å². The smallest absolute Gasteiger partial charge is 0.330 e. The van der Waals surface area contributed by atoms with E-state index in [2.05, 4.69) is 106 Å². The summed E-state index contributed by atoms with van der Waals surface area (Å²) < 4.78 is 11.1. The van der Waals surface area contributed by atoms with Crippen LogP contribution in [0.15, 0.2) is 116 Å². The third kappa shape index (κ3) is 7.54. The zero-order valence-corrected chi connectivity index (χ0v) is 26.2. The summed E-state index contributed by atoms with van der Waals surface area (Å²) in [5.74, 6) is -1.48. The largest absolute Gasteiger partial charge is 0.459 e. The lowest BCUT2D eigenvalue weighted by molar-refractivity contribution is -0.149. The molecule has 2 atom stereocenters. The highest BCUT2D eigenvalue weighted by atomic mass is 16.6. The first-order valence-corrected chi connectivity index (χ1v) is 15.0. The van der Waals surface area contributed by atoms with Crippen molar-refractivity contribution in [3.63, 3.8) is 0 Å². The zero-order valence-electron chi connectivity index (χ0n) is 26.2. The number of hydrogen-bond acceptors (Lipinski definition) is 5. The molecule has 0 N–H and O–H groups in total. The predicted octanol–water partition coefficient (Wildman–Crippen LogP) is 9.32. The zero-order chi connectivity index (χ0) is 31.8.